The minimum Gasteiger partial charge on any atom is -0.464 e. The zero-order valence-corrected chi connectivity index (χ0v) is 12.6. The summed E-state index contributed by atoms with van der Waals surface area (Å²) in [6.45, 7) is 6.75. The normalized spacial score (nSPS) is 12.0. The van der Waals surface area contributed by atoms with E-state index in [9.17, 15) is 4.79 Å². The number of carbonyl (C=O) groups excluding carboxylic acids is 1. The van der Waals surface area contributed by atoms with Crippen LogP contribution in [0.3, 0.4) is 0 Å². The summed E-state index contributed by atoms with van der Waals surface area (Å²) in [5.74, 6) is 1.36. The zero-order valence-electron chi connectivity index (χ0n) is 12.6. The van der Waals surface area contributed by atoms with Gasteiger partial charge in [-0.3, -0.25) is 4.79 Å². The van der Waals surface area contributed by atoms with E-state index in [1.165, 1.54) is 0 Å². The van der Waals surface area contributed by atoms with Crippen LogP contribution in [0.5, 0.6) is 0 Å². The molecule has 0 aliphatic rings. The second-order valence-electron chi connectivity index (χ2n) is 5.00. The first-order valence-corrected chi connectivity index (χ1v) is 7.17. The maximum absolute atomic E-state index is 12.1. The van der Waals surface area contributed by atoms with Crippen molar-refractivity contribution in [2.75, 3.05) is 11.9 Å². The van der Waals surface area contributed by atoms with Crippen molar-refractivity contribution in [1.29, 1.82) is 0 Å². The van der Waals surface area contributed by atoms with Crippen molar-refractivity contribution in [3.8, 4) is 0 Å². The highest BCUT2D eigenvalue weighted by Crippen LogP contribution is 2.16. The minimum absolute atomic E-state index is 0.189. The van der Waals surface area contributed by atoms with Crippen LogP contribution in [0.1, 0.15) is 48.3 Å². The molecule has 0 saturated carbocycles. The number of amides is 1. The number of nitrogens with one attached hydrogen (secondary N) is 2. The van der Waals surface area contributed by atoms with Crippen LogP contribution in [0.25, 0.3) is 0 Å². The van der Waals surface area contributed by atoms with Gasteiger partial charge in [0.05, 0.1) is 17.9 Å². The number of anilines is 1. The van der Waals surface area contributed by atoms with Gasteiger partial charge in [-0.2, -0.15) is 0 Å². The number of hydrogen-bond acceptors (Lipinski definition) is 4. The molecule has 2 rings (SSSR count). The summed E-state index contributed by atoms with van der Waals surface area (Å²) >= 11 is 0. The number of aromatic nitrogens is 1. The molecule has 0 saturated heterocycles. The lowest BCUT2D eigenvalue weighted by atomic mass is 10.2. The maximum Gasteiger partial charge on any atom is 0.270 e. The van der Waals surface area contributed by atoms with Crippen molar-refractivity contribution in [3.05, 3.63) is 47.7 Å². The van der Waals surface area contributed by atoms with Crippen LogP contribution >= 0.6 is 0 Å². The van der Waals surface area contributed by atoms with Crippen LogP contribution < -0.4 is 10.6 Å². The van der Waals surface area contributed by atoms with Gasteiger partial charge in [0.15, 0.2) is 0 Å². The topological polar surface area (TPSA) is 67.2 Å². The van der Waals surface area contributed by atoms with Crippen LogP contribution in [0.2, 0.25) is 0 Å². The second kappa shape index (κ2) is 6.92. The van der Waals surface area contributed by atoms with Crippen LogP contribution in [-0.2, 0) is 0 Å². The molecule has 0 aliphatic heterocycles. The van der Waals surface area contributed by atoms with Gasteiger partial charge in [-0.25, -0.2) is 4.98 Å². The van der Waals surface area contributed by atoms with Gasteiger partial charge >= 0.3 is 0 Å². The SMILES string of the molecule is CCCNc1ccc(C(=O)NC(C)c2ccc(C)o2)nc1. The number of furan rings is 1. The Kier molecular flexibility index (Phi) is 4.98. The summed E-state index contributed by atoms with van der Waals surface area (Å²) in [4.78, 5) is 16.3. The summed E-state index contributed by atoms with van der Waals surface area (Å²) in [5.41, 5.74) is 1.32. The predicted molar refractivity (Wildman–Crippen MR) is 82.3 cm³/mol. The van der Waals surface area contributed by atoms with Gasteiger partial charge in [0.1, 0.15) is 17.2 Å². The largest absolute Gasteiger partial charge is 0.464 e. The lowest BCUT2D eigenvalue weighted by Gasteiger charge is -2.11. The van der Waals surface area contributed by atoms with Crippen molar-refractivity contribution in [2.45, 2.75) is 33.2 Å². The van der Waals surface area contributed by atoms with Crippen molar-refractivity contribution in [2.24, 2.45) is 0 Å². The molecule has 2 aromatic rings. The Morgan fingerprint density at radius 1 is 1.33 bits per heavy atom. The quantitative estimate of drug-likeness (QED) is 0.855. The van der Waals surface area contributed by atoms with Gasteiger partial charge < -0.3 is 15.1 Å². The molecule has 2 heterocycles. The van der Waals surface area contributed by atoms with E-state index in [0.29, 0.717) is 5.69 Å². The molecule has 0 bridgehead atoms. The fourth-order valence-electron chi connectivity index (χ4n) is 1.93. The third-order valence-corrected chi connectivity index (χ3v) is 3.11. The Morgan fingerprint density at radius 2 is 2.14 bits per heavy atom. The van der Waals surface area contributed by atoms with Gasteiger partial charge in [-0.05, 0) is 44.5 Å². The Labute approximate surface area is 124 Å². The smallest absolute Gasteiger partial charge is 0.270 e. The lowest BCUT2D eigenvalue weighted by Crippen LogP contribution is -2.27. The molecule has 112 valence electrons. The number of nitrogens with zero attached hydrogens (tertiary/aromatic N) is 1. The number of rotatable bonds is 6. The van der Waals surface area contributed by atoms with Crippen molar-refractivity contribution in [3.63, 3.8) is 0 Å². The predicted octanol–water partition coefficient (Wildman–Crippen LogP) is 3.30. The van der Waals surface area contributed by atoms with E-state index in [-0.39, 0.29) is 11.9 Å². The summed E-state index contributed by atoms with van der Waals surface area (Å²) < 4.78 is 5.50. The molecule has 1 amide bonds. The number of pyridine rings is 1. The molecule has 0 fully saturated rings. The summed E-state index contributed by atoms with van der Waals surface area (Å²) in [7, 11) is 0. The molecule has 0 aromatic carbocycles. The Balaban J connectivity index is 1.96. The molecular weight excluding hydrogens is 266 g/mol. The van der Waals surface area contributed by atoms with Crippen LogP contribution in [0.4, 0.5) is 5.69 Å². The van der Waals surface area contributed by atoms with Gasteiger partial charge in [0, 0.05) is 6.54 Å². The van der Waals surface area contributed by atoms with E-state index in [1.807, 2.05) is 32.0 Å². The number of hydrogen-bond donors (Lipinski definition) is 2. The van der Waals surface area contributed by atoms with Gasteiger partial charge in [-0.15, -0.1) is 0 Å². The molecule has 0 radical (unpaired) electrons. The average Bonchev–Trinajstić information content (AvgIpc) is 2.92. The first-order chi connectivity index (χ1) is 10.1. The molecule has 1 atom stereocenters. The maximum atomic E-state index is 12.1. The first-order valence-electron chi connectivity index (χ1n) is 7.17. The molecular formula is C16H21N3O2. The minimum atomic E-state index is -0.210. The van der Waals surface area contributed by atoms with E-state index in [4.69, 9.17) is 4.42 Å². The van der Waals surface area contributed by atoms with Crippen molar-refractivity contribution in [1.82, 2.24) is 10.3 Å². The van der Waals surface area contributed by atoms with Crippen LogP contribution in [0, 0.1) is 6.92 Å². The molecule has 21 heavy (non-hydrogen) atoms. The van der Waals surface area contributed by atoms with Gasteiger partial charge in [-0.1, -0.05) is 6.92 Å². The first kappa shape index (κ1) is 15.1. The third-order valence-electron chi connectivity index (χ3n) is 3.11. The van der Waals surface area contributed by atoms with E-state index in [1.54, 1.807) is 12.3 Å². The molecule has 0 aliphatic carbocycles. The summed E-state index contributed by atoms with van der Waals surface area (Å²) in [6.07, 6.45) is 2.72. The average molecular weight is 287 g/mol. The fourth-order valence-corrected chi connectivity index (χ4v) is 1.93. The number of carbonyl (C=O) groups is 1. The second-order valence-corrected chi connectivity index (χ2v) is 5.00. The highest BCUT2D eigenvalue weighted by molar-refractivity contribution is 5.92. The molecule has 5 nitrogen and oxygen atoms in total. The highest BCUT2D eigenvalue weighted by atomic mass is 16.3. The van der Waals surface area contributed by atoms with E-state index in [2.05, 4.69) is 22.5 Å². The van der Waals surface area contributed by atoms with E-state index >= 15 is 0 Å². The Morgan fingerprint density at radius 3 is 2.71 bits per heavy atom. The number of aryl methyl sites for hydroxylation is 1. The highest BCUT2D eigenvalue weighted by Gasteiger charge is 2.14. The molecule has 1 unspecified atom stereocenters. The summed E-state index contributed by atoms with van der Waals surface area (Å²) in [6, 6.07) is 7.13. The zero-order chi connectivity index (χ0) is 15.2. The molecule has 5 heteroatoms. The van der Waals surface area contributed by atoms with Gasteiger partial charge in [0.25, 0.3) is 5.91 Å². The standard InChI is InChI=1S/C16H21N3O2/c1-4-9-17-13-6-7-14(18-10-13)16(20)19-12(3)15-8-5-11(2)21-15/h5-8,10,12,17H,4,9H2,1-3H3,(H,19,20). The molecule has 2 aromatic heterocycles. The lowest BCUT2D eigenvalue weighted by molar-refractivity contribution is 0.0930. The summed E-state index contributed by atoms with van der Waals surface area (Å²) in [5, 5.41) is 6.09. The monoisotopic (exact) mass is 287 g/mol. The van der Waals surface area contributed by atoms with Crippen molar-refractivity contribution < 1.29 is 9.21 Å². The molecule has 0 spiro atoms. The van der Waals surface area contributed by atoms with E-state index < -0.39 is 0 Å². The fraction of sp³-hybridized carbons (Fsp3) is 0.375. The molecule has 2 N–H and O–H groups in total. The van der Waals surface area contributed by atoms with Crippen LogP contribution in [0.15, 0.2) is 34.9 Å². The Bertz CT molecular complexity index is 590. The van der Waals surface area contributed by atoms with Crippen LogP contribution in [-0.4, -0.2) is 17.4 Å². The third kappa shape index (κ3) is 4.08. The van der Waals surface area contributed by atoms with E-state index in [0.717, 1.165) is 30.2 Å². The Hall–Kier alpha value is -2.30. The van der Waals surface area contributed by atoms with Gasteiger partial charge in [0.2, 0.25) is 0 Å². The van der Waals surface area contributed by atoms with Crippen molar-refractivity contribution >= 4 is 11.6 Å².